The van der Waals surface area contributed by atoms with E-state index in [2.05, 4.69) is 5.32 Å². The fraction of sp³-hybridized carbons (Fsp3) is 0.667. The number of nitrogens with one attached hydrogen (secondary N) is 1. The average molecular weight is 254 g/mol. The largest absolute Gasteiger partial charge is 0.481 e. The highest BCUT2D eigenvalue weighted by molar-refractivity contribution is 5.94. The van der Waals surface area contributed by atoms with Crippen LogP contribution >= 0.6 is 0 Å². The summed E-state index contributed by atoms with van der Waals surface area (Å²) in [4.78, 5) is 24.7. The molecule has 0 radical (unpaired) electrons. The summed E-state index contributed by atoms with van der Waals surface area (Å²) in [7, 11) is 0. The maximum atomic E-state index is 12.3. The number of rotatable bonds is 3. The van der Waals surface area contributed by atoms with Gasteiger partial charge < -0.3 is 20.1 Å². The molecule has 0 aromatic heterocycles. The molecule has 1 amide bonds. The molecule has 2 aliphatic heterocycles. The summed E-state index contributed by atoms with van der Waals surface area (Å²) in [6.07, 6.45) is -0.0629. The van der Waals surface area contributed by atoms with Crippen LogP contribution < -0.4 is 5.32 Å². The van der Waals surface area contributed by atoms with Gasteiger partial charge in [0.05, 0.1) is 25.7 Å². The van der Waals surface area contributed by atoms with E-state index in [9.17, 15) is 9.59 Å². The Bertz CT molecular complexity index is 386. The number of hydrogen-bond donors (Lipinski definition) is 2. The molecule has 1 atom stereocenters. The van der Waals surface area contributed by atoms with Crippen LogP contribution in [0.2, 0.25) is 0 Å². The second-order valence-electron chi connectivity index (χ2n) is 4.66. The zero-order valence-electron chi connectivity index (χ0n) is 10.4. The summed E-state index contributed by atoms with van der Waals surface area (Å²) < 4.78 is 5.26. The molecule has 1 unspecified atom stereocenters. The van der Waals surface area contributed by atoms with Gasteiger partial charge in [-0.3, -0.25) is 9.59 Å². The van der Waals surface area contributed by atoms with E-state index in [1.54, 1.807) is 4.90 Å². The van der Waals surface area contributed by atoms with E-state index in [4.69, 9.17) is 9.84 Å². The Morgan fingerprint density at radius 2 is 2.22 bits per heavy atom. The van der Waals surface area contributed by atoms with Crippen LogP contribution in [-0.4, -0.2) is 60.8 Å². The second-order valence-corrected chi connectivity index (χ2v) is 4.66. The van der Waals surface area contributed by atoms with Gasteiger partial charge in [0.25, 0.3) is 0 Å². The highest BCUT2D eigenvalue weighted by atomic mass is 16.5. The molecule has 0 saturated carbocycles. The van der Waals surface area contributed by atoms with Crippen LogP contribution in [0, 0.1) is 0 Å². The summed E-state index contributed by atoms with van der Waals surface area (Å²) >= 11 is 0. The van der Waals surface area contributed by atoms with E-state index in [1.165, 1.54) is 0 Å². The maximum Gasteiger partial charge on any atom is 0.305 e. The van der Waals surface area contributed by atoms with Crippen LogP contribution in [0.25, 0.3) is 0 Å². The number of aliphatic carboxylic acids is 1. The lowest BCUT2D eigenvalue weighted by molar-refractivity contribution is -0.144. The normalized spacial score (nSPS) is 23.5. The molecule has 2 saturated heterocycles. The third kappa shape index (κ3) is 2.70. The topological polar surface area (TPSA) is 78.9 Å². The number of carbonyl (C=O) groups excluding carboxylic acids is 1. The molecule has 6 nitrogen and oxygen atoms in total. The number of morpholine rings is 1. The minimum absolute atomic E-state index is 0.0546. The lowest BCUT2D eigenvalue weighted by Gasteiger charge is -2.36. The van der Waals surface area contributed by atoms with Crippen molar-refractivity contribution in [1.29, 1.82) is 0 Å². The summed E-state index contributed by atoms with van der Waals surface area (Å²) in [6.45, 7) is 4.57. The average Bonchev–Trinajstić information content (AvgIpc) is 2.25. The molecule has 0 spiro atoms. The van der Waals surface area contributed by atoms with Crippen molar-refractivity contribution in [3.63, 3.8) is 0 Å². The summed E-state index contributed by atoms with van der Waals surface area (Å²) in [5.41, 5.74) is 1.85. The van der Waals surface area contributed by atoms with Crippen molar-refractivity contribution in [1.82, 2.24) is 10.2 Å². The monoisotopic (exact) mass is 254 g/mol. The van der Waals surface area contributed by atoms with E-state index in [1.807, 2.05) is 6.92 Å². The Morgan fingerprint density at radius 1 is 1.50 bits per heavy atom. The van der Waals surface area contributed by atoms with Gasteiger partial charge in [0, 0.05) is 25.2 Å². The molecule has 2 rings (SSSR count). The SMILES string of the molecule is CC(C(=O)N1CCOCC1CC(=O)O)=C1CNC1. The Hall–Kier alpha value is -1.40. The van der Waals surface area contributed by atoms with Crippen LogP contribution in [0.3, 0.4) is 0 Å². The lowest BCUT2D eigenvalue weighted by atomic mass is 10.0. The standard InChI is InChI=1S/C12H18N2O4/c1-8(9-5-13-6-9)12(17)14-2-3-18-7-10(14)4-11(15)16/h10,13H,2-7H2,1H3,(H,15,16). The quantitative estimate of drug-likeness (QED) is 0.670. The van der Waals surface area contributed by atoms with Crippen molar-refractivity contribution >= 4 is 11.9 Å². The number of carboxylic acids is 1. The summed E-state index contributed by atoms with van der Waals surface area (Å²) in [5, 5.41) is 12.0. The van der Waals surface area contributed by atoms with Gasteiger partial charge >= 0.3 is 5.97 Å². The molecule has 2 fully saturated rings. The van der Waals surface area contributed by atoms with Crippen LogP contribution in [-0.2, 0) is 14.3 Å². The van der Waals surface area contributed by atoms with Gasteiger partial charge in [-0.15, -0.1) is 0 Å². The van der Waals surface area contributed by atoms with E-state index in [0.29, 0.717) is 19.8 Å². The number of hydrogen-bond acceptors (Lipinski definition) is 4. The molecule has 6 heteroatoms. The molecule has 0 aromatic rings. The highest BCUT2D eigenvalue weighted by Crippen LogP contribution is 2.17. The van der Waals surface area contributed by atoms with Crippen LogP contribution in [0.4, 0.5) is 0 Å². The molecule has 0 aliphatic carbocycles. The first-order valence-corrected chi connectivity index (χ1v) is 6.09. The zero-order valence-corrected chi connectivity index (χ0v) is 10.4. The van der Waals surface area contributed by atoms with Gasteiger partial charge in [0.1, 0.15) is 0 Å². The Kier molecular flexibility index (Phi) is 3.98. The van der Waals surface area contributed by atoms with Gasteiger partial charge in [0.2, 0.25) is 5.91 Å². The third-order valence-corrected chi connectivity index (χ3v) is 3.43. The predicted molar refractivity (Wildman–Crippen MR) is 64.1 cm³/mol. The number of amides is 1. The fourth-order valence-corrected chi connectivity index (χ4v) is 2.17. The fourth-order valence-electron chi connectivity index (χ4n) is 2.17. The number of ether oxygens (including phenoxy) is 1. The van der Waals surface area contributed by atoms with E-state index >= 15 is 0 Å². The molecule has 2 aliphatic rings. The number of nitrogens with zero attached hydrogens (tertiary/aromatic N) is 1. The second kappa shape index (κ2) is 5.49. The minimum Gasteiger partial charge on any atom is -0.481 e. The van der Waals surface area contributed by atoms with Gasteiger partial charge in [-0.1, -0.05) is 0 Å². The number of carboxylic acid groups (broad SMARTS) is 1. The molecule has 2 N–H and O–H groups in total. The molecule has 18 heavy (non-hydrogen) atoms. The molecule has 0 aromatic carbocycles. The smallest absolute Gasteiger partial charge is 0.305 e. The van der Waals surface area contributed by atoms with Crippen molar-refractivity contribution in [3.05, 3.63) is 11.1 Å². The Balaban J connectivity index is 2.08. The Morgan fingerprint density at radius 3 is 2.78 bits per heavy atom. The molecular weight excluding hydrogens is 236 g/mol. The van der Waals surface area contributed by atoms with Gasteiger partial charge in [0.15, 0.2) is 0 Å². The number of carbonyl (C=O) groups is 2. The van der Waals surface area contributed by atoms with Crippen molar-refractivity contribution in [2.45, 2.75) is 19.4 Å². The van der Waals surface area contributed by atoms with E-state index in [0.717, 1.165) is 24.2 Å². The predicted octanol–water partition coefficient (Wildman–Crippen LogP) is -0.392. The Labute approximate surface area is 106 Å². The van der Waals surface area contributed by atoms with Crippen molar-refractivity contribution in [2.75, 3.05) is 32.8 Å². The molecular formula is C12H18N2O4. The molecule has 2 heterocycles. The molecule has 100 valence electrons. The van der Waals surface area contributed by atoms with Crippen LogP contribution in [0.5, 0.6) is 0 Å². The summed E-state index contributed by atoms with van der Waals surface area (Å²) in [6, 6.07) is -0.354. The van der Waals surface area contributed by atoms with Gasteiger partial charge in [-0.05, 0) is 12.5 Å². The van der Waals surface area contributed by atoms with E-state index in [-0.39, 0.29) is 18.4 Å². The maximum absolute atomic E-state index is 12.3. The van der Waals surface area contributed by atoms with Crippen molar-refractivity contribution < 1.29 is 19.4 Å². The zero-order chi connectivity index (χ0) is 13.1. The van der Waals surface area contributed by atoms with Crippen molar-refractivity contribution in [2.24, 2.45) is 0 Å². The molecule has 0 bridgehead atoms. The van der Waals surface area contributed by atoms with Gasteiger partial charge in [-0.2, -0.15) is 0 Å². The third-order valence-electron chi connectivity index (χ3n) is 3.43. The highest BCUT2D eigenvalue weighted by Gasteiger charge is 2.31. The first-order chi connectivity index (χ1) is 8.59. The first kappa shape index (κ1) is 13.0. The van der Waals surface area contributed by atoms with Crippen LogP contribution in [0.1, 0.15) is 13.3 Å². The first-order valence-electron chi connectivity index (χ1n) is 6.09. The van der Waals surface area contributed by atoms with Crippen LogP contribution in [0.15, 0.2) is 11.1 Å². The van der Waals surface area contributed by atoms with Gasteiger partial charge in [-0.25, -0.2) is 0 Å². The van der Waals surface area contributed by atoms with Crippen molar-refractivity contribution in [3.8, 4) is 0 Å². The lowest BCUT2D eigenvalue weighted by Crippen LogP contribution is -2.50. The summed E-state index contributed by atoms with van der Waals surface area (Å²) in [5.74, 6) is -0.958. The minimum atomic E-state index is -0.904. The van der Waals surface area contributed by atoms with E-state index < -0.39 is 5.97 Å².